The zero-order valence-electron chi connectivity index (χ0n) is 18.5. The first-order valence-corrected chi connectivity index (χ1v) is 11.4. The second-order valence-corrected chi connectivity index (χ2v) is 9.21. The number of methoxy groups -OCH3 is 1. The molecule has 0 saturated carbocycles. The number of hydrogen-bond acceptors (Lipinski definition) is 6. The van der Waals surface area contributed by atoms with Crippen LogP contribution in [0.1, 0.15) is 52.0 Å². The molecule has 1 saturated heterocycles. The maximum Gasteiger partial charge on any atom is 0.125 e. The number of aryl methyl sites for hydroxylation is 2. The molecule has 3 aromatic rings. The smallest absolute Gasteiger partial charge is 0.125 e. The average Bonchev–Trinajstić information content (AvgIpc) is 3.14. The molecule has 5 nitrogen and oxygen atoms in total. The van der Waals surface area contributed by atoms with Gasteiger partial charge in [-0.05, 0) is 82.4 Å². The topological polar surface area (TPSA) is 51.1 Å². The van der Waals surface area contributed by atoms with Crippen LogP contribution in [0.25, 0.3) is 10.6 Å². The third-order valence-corrected chi connectivity index (χ3v) is 7.56. The third kappa shape index (κ3) is 4.25. The minimum atomic E-state index is 0.542. The molecule has 0 N–H and O–H groups in total. The standard InChI is InChI=1S/C24H30N4OS/c1-15-16(2)22(29-5)7-6-20(15)14-28-12-9-19(10-13-28)24-26-17(3)23(30-24)21-8-11-25-18(4)27-21/h6-8,11,19H,9-10,12-14H2,1-5H3. The van der Waals surface area contributed by atoms with Crippen LogP contribution in [-0.2, 0) is 6.54 Å². The first-order valence-electron chi connectivity index (χ1n) is 10.6. The van der Waals surface area contributed by atoms with Crippen LogP contribution in [0, 0.1) is 27.7 Å². The molecular formula is C24H30N4OS. The summed E-state index contributed by atoms with van der Waals surface area (Å²) in [5.74, 6) is 2.32. The normalized spacial score (nSPS) is 15.5. The number of benzene rings is 1. The molecule has 1 aliphatic heterocycles. The lowest BCUT2D eigenvalue weighted by Crippen LogP contribution is -2.32. The zero-order valence-corrected chi connectivity index (χ0v) is 19.3. The van der Waals surface area contributed by atoms with Crippen molar-refractivity contribution in [2.24, 2.45) is 0 Å². The molecule has 0 bridgehead atoms. The van der Waals surface area contributed by atoms with E-state index in [9.17, 15) is 0 Å². The van der Waals surface area contributed by atoms with Gasteiger partial charge in [-0.15, -0.1) is 11.3 Å². The zero-order chi connectivity index (χ0) is 21.3. The van der Waals surface area contributed by atoms with Crippen molar-refractivity contribution in [3.63, 3.8) is 0 Å². The van der Waals surface area contributed by atoms with Crippen LogP contribution in [0.15, 0.2) is 24.4 Å². The Bertz CT molecular complexity index is 1040. The van der Waals surface area contributed by atoms with E-state index >= 15 is 0 Å². The highest BCUT2D eigenvalue weighted by atomic mass is 32.1. The summed E-state index contributed by atoms with van der Waals surface area (Å²) < 4.78 is 5.46. The van der Waals surface area contributed by atoms with E-state index in [4.69, 9.17) is 9.72 Å². The lowest BCUT2D eigenvalue weighted by Gasteiger charge is -2.31. The quantitative estimate of drug-likeness (QED) is 0.564. The molecule has 6 heteroatoms. The van der Waals surface area contributed by atoms with E-state index < -0.39 is 0 Å². The summed E-state index contributed by atoms with van der Waals surface area (Å²) in [6.07, 6.45) is 4.14. The monoisotopic (exact) mass is 422 g/mol. The highest BCUT2D eigenvalue weighted by molar-refractivity contribution is 7.15. The largest absolute Gasteiger partial charge is 0.496 e. The van der Waals surface area contributed by atoms with E-state index in [1.165, 1.54) is 26.6 Å². The van der Waals surface area contributed by atoms with Gasteiger partial charge in [-0.2, -0.15) is 0 Å². The van der Waals surface area contributed by atoms with E-state index in [1.54, 1.807) is 7.11 Å². The van der Waals surface area contributed by atoms with Crippen molar-refractivity contribution in [2.75, 3.05) is 20.2 Å². The van der Waals surface area contributed by atoms with Crippen LogP contribution in [0.3, 0.4) is 0 Å². The molecule has 4 rings (SSSR count). The third-order valence-electron chi connectivity index (χ3n) is 6.22. The van der Waals surface area contributed by atoms with Crippen molar-refractivity contribution in [1.29, 1.82) is 0 Å². The van der Waals surface area contributed by atoms with Crippen LogP contribution < -0.4 is 4.74 Å². The Balaban J connectivity index is 1.42. The second kappa shape index (κ2) is 8.82. The van der Waals surface area contributed by atoms with E-state index in [-0.39, 0.29) is 0 Å². The fourth-order valence-corrected chi connectivity index (χ4v) is 5.44. The Morgan fingerprint density at radius 3 is 2.50 bits per heavy atom. The molecule has 0 unspecified atom stereocenters. The Morgan fingerprint density at radius 1 is 1.03 bits per heavy atom. The molecular weight excluding hydrogens is 392 g/mol. The molecule has 158 valence electrons. The SMILES string of the molecule is COc1ccc(CN2CCC(c3nc(C)c(-c4ccnc(C)n4)s3)CC2)c(C)c1C. The fraction of sp³-hybridized carbons (Fsp3) is 0.458. The molecule has 2 aromatic heterocycles. The van der Waals surface area contributed by atoms with Gasteiger partial charge in [-0.3, -0.25) is 4.90 Å². The molecule has 30 heavy (non-hydrogen) atoms. The van der Waals surface area contributed by atoms with E-state index in [1.807, 2.05) is 30.5 Å². The molecule has 0 aliphatic carbocycles. The van der Waals surface area contributed by atoms with Crippen molar-refractivity contribution in [3.05, 3.63) is 57.6 Å². The van der Waals surface area contributed by atoms with Crippen LogP contribution in [-0.4, -0.2) is 40.1 Å². The number of piperidine rings is 1. The van der Waals surface area contributed by atoms with Gasteiger partial charge in [0.05, 0.1) is 28.4 Å². The van der Waals surface area contributed by atoms with Crippen LogP contribution in [0.5, 0.6) is 5.75 Å². The van der Waals surface area contributed by atoms with E-state index in [0.717, 1.165) is 55.4 Å². The van der Waals surface area contributed by atoms with Crippen LogP contribution >= 0.6 is 11.3 Å². The van der Waals surface area contributed by atoms with Gasteiger partial charge < -0.3 is 4.74 Å². The van der Waals surface area contributed by atoms with Crippen LogP contribution in [0.2, 0.25) is 0 Å². The van der Waals surface area contributed by atoms with Gasteiger partial charge in [0.2, 0.25) is 0 Å². The predicted molar refractivity (Wildman–Crippen MR) is 122 cm³/mol. The summed E-state index contributed by atoms with van der Waals surface area (Å²) >= 11 is 1.81. The average molecular weight is 423 g/mol. The van der Waals surface area contributed by atoms with Crippen molar-refractivity contribution < 1.29 is 4.74 Å². The number of aromatic nitrogens is 3. The number of nitrogens with zero attached hydrogens (tertiary/aromatic N) is 4. The second-order valence-electron chi connectivity index (χ2n) is 8.18. The Labute approximate surface area is 183 Å². The molecule has 0 radical (unpaired) electrons. The Hall–Kier alpha value is -2.31. The maximum atomic E-state index is 5.46. The number of thiazole rings is 1. The van der Waals surface area contributed by atoms with Gasteiger partial charge in [-0.25, -0.2) is 15.0 Å². The van der Waals surface area contributed by atoms with Gasteiger partial charge >= 0.3 is 0 Å². The van der Waals surface area contributed by atoms with Gasteiger partial charge in [-0.1, -0.05) is 6.07 Å². The Morgan fingerprint density at radius 2 is 1.80 bits per heavy atom. The predicted octanol–water partition coefficient (Wildman–Crippen LogP) is 5.22. The minimum absolute atomic E-state index is 0.542. The summed E-state index contributed by atoms with van der Waals surface area (Å²) in [6.45, 7) is 11.6. The van der Waals surface area contributed by atoms with E-state index in [0.29, 0.717) is 5.92 Å². The molecule has 0 atom stereocenters. The first-order chi connectivity index (χ1) is 14.5. The lowest BCUT2D eigenvalue weighted by atomic mass is 9.96. The highest BCUT2D eigenvalue weighted by Gasteiger charge is 2.25. The van der Waals surface area contributed by atoms with E-state index in [2.05, 4.69) is 47.8 Å². The van der Waals surface area contributed by atoms with Crippen molar-refractivity contribution in [2.45, 2.75) is 53.0 Å². The fourth-order valence-electron chi connectivity index (χ4n) is 4.24. The Kier molecular flexibility index (Phi) is 6.16. The van der Waals surface area contributed by atoms with Gasteiger partial charge in [0.15, 0.2) is 0 Å². The maximum absolute atomic E-state index is 5.46. The molecule has 3 heterocycles. The van der Waals surface area contributed by atoms with Gasteiger partial charge in [0, 0.05) is 18.7 Å². The molecule has 0 spiro atoms. The summed E-state index contributed by atoms with van der Waals surface area (Å²) in [7, 11) is 1.74. The van der Waals surface area contributed by atoms with Crippen molar-refractivity contribution >= 4 is 11.3 Å². The summed E-state index contributed by atoms with van der Waals surface area (Å²) in [4.78, 5) is 17.5. The molecule has 1 aromatic carbocycles. The first kappa shape index (κ1) is 20.9. The number of likely N-dealkylation sites (tertiary alicyclic amines) is 1. The molecule has 0 amide bonds. The van der Waals surface area contributed by atoms with Crippen LogP contribution in [0.4, 0.5) is 0 Å². The van der Waals surface area contributed by atoms with Crippen molar-refractivity contribution in [3.8, 4) is 16.3 Å². The number of hydrogen-bond donors (Lipinski definition) is 0. The van der Waals surface area contributed by atoms with Gasteiger partial charge in [0.1, 0.15) is 11.6 Å². The lowest BCUT2D eigenvalue weighted by molar-refractivity contribution is 0.204. The highest BCUT2D eigenvalue weighted by Crippen LogP contribution is 2.37. The summed E-state index contributed by atoms with van der Waals surface area (Å²) in [5.41, 5.74) is 6.07. The minimum Gasteiger partial charge on any atom is -0.496 e. The summed E-state index contributed by atoms with van der Waals surface area (Å²) in [5, 5.41) is 1.26. The summed E-state index contributed by atoms with van der Waals surface area (Å²) in [6, 6.07) is 6.30. The van der Waals surface area contributed by atoms with Gasteiger partial charge in [0.25, 0.3) is 0 Å². The molecule has 1 fully saturated rings. The number of rotatable bonds is 5. The number of ether oxygens (including phenoxy) is 1. The van der Waals surface area contributed by atoms with Crippen molar-refractivity contribution in [1.82, 2.24) is 19.9 Å². The molecule has 1 aliphatic rings.